The molecule has 6 nitrogen and oxygen atoms in total. The zero-order valence-corrected chi connectivity index (χ0v) is 49.5. The van der Waals surface area contributed by atoms with Crippen LogP contribution in [0.2, 0.25) is 0 Å². The third kappa shape index (κ3) is 9.47. The van der Waals surface area contributed by atoms with Crippen molar-refractivity contribution in [2.45, 2.75) is 86.0 Å². The zero-order valence-electron chi connectivity index (χ0n) is 53.2. The Hall–Kier alpha value is -8.31. The molecule has 0 radical (unpaired) electrons. The first-order valence-corrected chi connectivity index (χ1v) is 27.4. The minimum Gasteiger partial charge on any atom is -0.510 e. The van der Waals surface area contributed by atoms with Crippen molar-refractivity contribution in [3.8, 4) is 56.6 Å². The van der Waals surface area contributed by atoms with E-state index in [2.05, 4.69) is 181 Å². The van der Waals surface area contributed by atoms with Crippen LogP contribution in [0.15, 0.2) is 206 Å². The topological polar surface area (TPSA) is 40.8 Å². The van der Waals surface area contributed by atoms with Gasteiger partial charge in [-0.15, -0.1) is 24.3 Å². The first-order chi connectivity index (χ1) is 40.9. The quantitative estimate of drug-likeness (QED) is 0.107. The molecule has 4 aromatic heterocycles. The van der Waals surface area contributed by atoms with Crippen molar-refractivity contribution >= 4 is 54.6 Å². The second kappa shape index (κ2) is 20.3. The summed E-state index contributed by atoms with van der Waals surface area (Å²) in [5.74, 6) is 0.560. The average molecular weight is 1240 g/mol. The molecule has 0 bridgehead atoms. The Kier molecular flexibility index (Phi) is 11.7. The summed E-state index contributed by atoms with van der Waals surface area (Å²) in [6, 6.07) is 63.0. The minimum atomic E-state index is -0.942. The third-order valence-corrected chi connectivity index (χ3v) is 15.8. The molecule has 0 aliphatic heterocycles. The van der Waals surface area contributed by atoms with Gasteiger partial charge in [-0.1, -0.05) is 226 Å². The Morgan fingerprint density at radius 1 is 0.568 bits per heavy atom. The van der Waals surface area contributed by atoms with Crippen LogP contribution < -0.4 is 9.30 Å². The van der Waals surface area contributed by atoms with E-state index in [0.29, 0.717) is 34.3 Å². The van der Waals surface area contributed by atoms with Gasteiger partial charge in [0.2, 0.25) is 0 Å². The van der Waals surface area contributed by atoms with E-state index < -0.39 is 24.0 Å². The largest absolute Gasteiger partial charge is 0.510 e. The van der Waals surface area contributed by atoms with E-state index in [1.807, 2.05) is 94.9 Å². The van der Waals surface area contributed by atoms with Crippen LogP contribution in [-0.2, 0) is 31.9 Å². The summed E-state index contributed by atoms with van der Waals surface area (Å²) in [6.45, 7) is 21.5. The van der Waals surface area contributed by atoms with Gasteiger partial charge in [-0.3, -0.25) is 4.57 Å². The number of rotatable bonds is 9. The van der Waals surface area contributed by atoms with Gasteiger partial charge in [0.1, 0.15) is 5.82 Å². The predicted octanol–water partition coefficient (Wildman–Crippen LogP) is 18.8. The second-order valence-electron chi connectivity index (χ2n) is 24.0. The Morgan fingerprint density at radius 3 is 1.79 bits per heavy atom. The van der Waals surface area contributed by atoms with Crippen molar-refractivity contribution in [1.29, 1.82) is 0 Å². The van der Waals surface area contributed by atoms with Crippen LogP contribution in [-0.4, -0.2) is 18.7 Å². The number of para-hydroxylation sites is 6. The van der Waals surface area contributed by atoms with E-state index in [-0.39, 0.29) is 55.0 Å². The summed E-state index contributed by atoms with van der Waals surface area (Å²) in [5, 5.41) is 4.19. The number of ether oxygens (including phenoxy) is 1. The maximum atomic E-state index is 9.65. The van der Waals surface area contributed by atoms with Crippen molar-refractivity contribution in [3.63, 3.8) is 0 Å². The molecule has 13 aromatic rings. The molecule has 1 unspecified atom stereocenters. The van der Waals surface area contributed by atoms with Crippen molar-refractivity contribution in [2.75, 3.05) is 0 Å². The van der Waals surface area contributed by atoms with Gasteiger partial charge in [0, 0.05) is 56.4 Å². The Morgan fingerprint density at radius 2 is 1.15 bits per heavy atom. The van der Waals surface area contributed by atoms with Gasteiger partial charge >= 0.3 is 0 Å². The van der Waals surface area contributed by atoms with E-state index in [4.69, 9.17) is 13.8 Å². The maximum absolute atomic E-state index is 9.65. The van der Waals surface area contributed by atoms with Gasteiger partial charge in [0.05, 0.1) is 34.6 Å². The van der Waals surface area contributed by atoms with Crippen molar-refractivity contribution < 1.29 is 38.6 Å². The SMILES string of the molecule is [2H]c1c([2H])c([2H])c(-c2cccc(-c3cc(C(C)(C)C)cc(C(C)(C)C)c3)c2-[n+]2[c-]n(-c3[c-]c(Oc4[c-]c5c(c(-n6c7ccccc7c7ccccc76)c4)c4ccccc4n5-c4cc(C([2H])(C)C(C)(C)C)ccn4)ccc3)c3ccccc32)c([2H])c1[2H].[Pt]. The van der Waals surface area contributed by atoms with Gasteiger partial charge in [-0.25, -0.2) is 4.98 Å². The average Bonchev–Trinajstić information content (AvgIpc) is 1.91. The molecule has 0 spiro atoms. The molecular weight excluding hydrogens is 1170 g/mol. The zero-order chi connectivity index (χ0) is 60.5. The fourth-order valence-corrected chi connectivity index (χ4v) is 11.2. The van der Waals surface area contributed by atoms with Crippen LogP contribution in [0, 0.1) is 23.9 Å². The Labute approximate surface area is 498 Å². The van der Waals surface area contributed by atoms with Crippen LogP contribution in [0.4, 0.5) is 0 Å². The summed E-state index contributed by atoms with van der Waals surface area (Å²) in [6.07, 6.45) is 5.51. The molecule has 4 heterocycles. The molecule has 0 amide bonds. The molecule has 0 aliphatic carbocycles. The monoisotopic (exact) mass is 1240 g/mol. The number of fused-ring (bicyclic) bond motifs is 7. The number of nitrogens with zero attached hydrogens (tertiary/aromatic N) is 5. The molecule has 0 saturated heterocycles. The van der Waals surface area contributed by atoms with Gasteiger partial charge in [0.15, 0.2) is 0 Å². The maximum Gasteiger partial charge on any atom is 0.268 e. The summed E-state index contributed by atoms with van der Waals surface area (Å²) in [5.41, 5.74) is 11.9. The first-order valence-electron chi connectivity index (χ1n) is 30.4. The van der Waals surface area contributed by atoms with E-state index in [1.165, 1.54) is 0 Å². The fourth-order valence-electron chi connectivity index (χ4n) is 11.2. The molecular formula is C74H65N5OPt-2. The minimum absolute atomic E-state index is 0. The molecule has 0 fully saturated rings. The van der Waals surface area contributed by atoms with Crippen molar-refractivity contribution in [1.82, 2.24) is 18.7 Å². The van der Waals surface area contributed by atoms with Crippen LogP contribution in [0.5, 0.6) is 11.5 Å². The second-order valence-corrected chi connectivity index (χ2v) is 24.0. The predicted molar refractivity (Wildman–Crippen MR) is 330 cm³/mol. The molecule has 81 heavy (non-hydrogen) atoms. The van der Waals surface area contributed by atoms with E-state index in [1.54, 1.807) is 6.20 Å². The molecule has 0 aliphatic rings. The van der Waals surface area contributed by atoms with Crippen LogP contribution in [0.1, 0.15) is 100 Å². The van der Waals surface area contributed by atoms with Crippen LogP contribution in [0.25, 0.3) is 99.8 Å². The summed E-state index contributed by atoms with van der Waals surface area (Å²) in [7, 11) is 0. The number of benzene rings is 9. The van der Waals surface area contributed by atoms with Crippen LogP contribution in [0.3, 0.4) is 0 Å². The number of hydrogen-bond acceptors (Lipinski definition) is 2. The summed E-state index contributed by atoms with van der Waals surface area (Å²) in [4.78, 5) is 5.02. The number of hydrogen-bond donors (Lipinski definition) is 0. The molecule has 1 atom stereocenters. The van der Waals surface area contributed by atoms with Gasteiger partial charge in [0.25, 0.3) is 6.33 Å². The molecule has 9 aromatic carbocycles. The Balaban J connectivity index is 0.00000739. The van der Waals surface area contributed by atoms with Crippen molar-refractivity contribution in [3.05, 3.63) is 241 Å². The van der Waals surface area contributed by atoms with Crippen molar-refractivity contribution in [2.24, 2.45) is 5.41 Å². The van der Waals surface area contributed by atoms with E-state index in [0.717, 1.165) is 88.1 Å². The molecule has 13 rings (SSSR count). The first kappa shape index (κ1) is 46.4. The third-order valence-electron chi connectivity index (χ3n) is 15.8. The number of imidazole rings is 1. The number of pyridine rings is 1. The fraction of sp³-hybridized carbons (Fsp3) is 0.189. The van der Waals surface area contributed by atoms with Gasteiger partial charge in [-0.05, 0) is 108 Å². The molecule has 7 heteroatoms. The molecule has 404 valence electrons. The summed E-state index contributed by atoms with van der Waals surface area (Å²) >= 11 is 0. The smallest absolute Gasteiger partial charge is 0.268 e. The standard InChI is InChI=1S/C74H65N5O.Pt/c1-48(72(2,3)4)50-38-39-75-69(42-50)79-64-35-19-16-30-61(64)70-67(78-62-33-17-14-28-59(62)60-29-15-18-34-63(60)78)45-56(46-68(70)79)80-55-27-22-26-54(44-55)76-47-77(66-37-21-20-36-65(66)76)71-57(49-24-12-11-13-25-49)31-23-32-58(71)51-40-52(73(5,6)7)43-53(41-51)74(8,9)10;/h11-43,45,48H,1-10H3;/q-2;/i11D,12D,13D,24D,25D,48D;. The summed E-state index contributed by atoms with van der Waals surface area (Å²) < 4.78 is 70.0. The van der Waals surface area contributed by atoms with Gasteiger partial charge < -0.3 is 18.4 Å². The molecule has 0 saturated carbocycles. The normalized spacial score (nSPS) is 14.1. The van der Waals surface area contributed by atoms with Crippen LogP contribution >= 0.6 is 0 Å². The van der Waals surface area contributed by atoms with Gasteiger partial charge in [-0.2, -0.15) is 12.1 Å². The molecule has 0 N–H and O–H groups in total. The van der Waals surface area contributed by atoms with E-state index >= 15 is 0 Å². The van der Waals surface area contributed by atoms with E-state index in [9.17, 15) is 4.11 Å². The number of aromatic nitrogens is 5. The Bertz CT molecular complexity index is 4800.